The number of para-hydroxylation sites is 1. The fourth-order valence-corrected chi connectivity index (χ4v) is 3.12. The van der Waals surface area contributed by atoms with Gasteiger partial charge in [0.2, 0.25) is 10.0 Å². The van der Waals surface area contributed by atoms with Gasteiger partial charge in [-0.2, -0.15) is 0 Å². The molecule has 2 aromatic carbocycles. The second kappa shape index (κ2) is 9.41. The van der Waals surface area contributed by atoms with Crippen LogP contribution >= 0.6 is 0 Å². The molecule has 1 N–H and O–H groups in total. The fourth-order valence-electron chi connectivity index (χ4n) is 2.62. The molecule has 0 saturated carbocycles. The van der Waals surface area contributed by atoms with Gasteiger partial charge in [-0.15, -0.1) is 0 Å². The van der Waals surface area contributed by atoms with E-state index < -0.39 is 10.0 Å². The highest BCUT2D eigenvalue weighted by molar-refractivity contribution is 7.92. The van der Waals surface area contributed by atoms with Crippen LogP contribution in [-0.2, 0) is 16.4 Å². The van der Waals surface area contributed by atoms with E-state index in [1.165, 1.54) is 7.05 Å². The summed E-state index contributed by atoms with van der Waals surface area (Å²) in [4.78, 5) is 12.3. The fraction of sp³-hybridized carbons (Fsp3) is 0.350. The van der Waals surface area contributed by atoms with Crippen molar-refractivity contribution in [3.05, 3.63) is 59.7 Å². The van der Waals surface area contributed by atoms with E-state index in [1.807, 2.05) is 31.2 Å². The minimum absolute atomic E-state index is 0.225. The van der Waals surface area contributed by atoms with Gasteiger partial charge in [0.25, 0.3) is 5.91 Å². The van der Waals surface area contributed by atoms with Crippen molar-refractivity contribution in [2.45, 2.75) is 19.8 Å². The number of hydrogen-bond acceptors (Lipinski definition) is 4. The molecule has 6 nitrogen and oxygen atoms in total. The van der Waals surface area contributed by atoms with Crippen LogP contribution in [0.3, 0.4) is 0 Å². The van der Waals surface area contributed by atoms with E-state index >= 15 is 0 Å². The number of aryl methyl sites for hydroxylation is 1. The molecule has 0 unspecified atom stereocenters. The molecule has 0 radical (unpaired) electrons. The van der Waals surface area contributed by atoms with E-state index in [9.17, 15) is 13.2 Å². The van der Waals surface area contributed by atoms with E-state index in [0.717, 1.165) is 34.7 Å². The summed E-state index contributed by atoms with van der Waals surface area (Å²) in [6.45, 7) is 3.09. The summed E-state index contributed by atoms with van der Waals surface area (Å²) < 4.78 is 30.0. The highest BCUT2D eigenvalue weighted by Gasteiger charge is 2.14. The SMILES string of the molecule is CCOc1ccccc1CCCNC(=O)c1cccc(N(C)S(C)(=O)=O)c1. The van der Waals surface area contributed by atoms with Crippen LogP contribution in [0, 0.1) is 0 Å². The van der Waals surface area contributed by atoms with Crippen molar-refractivity contribution in [3.8, 4) is 5.75 Å². The molecule has 0 bridgehead atoms. The van der Waals surface area contributed by atoms with E-state index in [4.69, 9.17) is 4.74 Å². The highest BCUT2D eigenvalue weighted by atomic mass is 32.2. The van der Waals surface area contributed by atoms with E-state index in [-0.39, 0.29) is 5.91 Å². The molecule has 0 atom stereocenters. The van der Waals surface area contributed by atoms with Crippen LogP contribution in [0.5, 0.6) is 5.75 Å². The summed E-state index contributed by atoms with van der Waals surface area (Å²) in [5, 5.41) is 2.88. The second-order valence-corrected chi connectivity index (χ2v) is 8.19. The van der Waals surface area contributed by atoms with Crippen LogP contribution in [0.4, 0.5) is 5.69 Å². The van der Waals surface area contributed by atoms with Crippen LogP contribution in [0.15, 0.2) is 48.5 Å². The molecule has 0 aliphatic heterocycles. The Bertz CT molecular complexity index is 881. The first-order chi connectivity index (χ1) is 12.8. The number of rotatable bonds is 9. The lowest BCUT2D eigenvalue weighted by molar-refractivity contribution is 0.0953. The zero-order valence-corrected chi connectivity index (χ0v) is 16.8. The number of ether oxygens (including phenoxy) is 1. The van der Waals surface area contributed by atoms with Gasteiger partial charge in [0.1, 0.15) is 5.75 Å². The standard InChI is InChI=1S/C20H26N2O4S/c1-4-26-19-13-6-5-9-16(19)11-8-14-21-20(23)17-10-7-12-18(15-17)22(2)27(3,24)25/h5-7,9-10,12-13,15H,4,8,11,14H2,1-3H3,(H,21,23). The van der Waals surface area contributed by atoms with Crippen molar-refractivity contribution in [2.24, 2.45) is 0 Å². The Morgan fingerprint density at radius 3 is 2.59 bits per heavy atom. The van der Waals surface area contributed by atoms with Crippen molar-refractivity contribution in [1.82, 2.24) is 5.32 Å². The highest BCUT2D eigenvalue weighted by Crippen LogP contribution is 2.19. The minimum atomic E-state index is -3.37. The number of sulfonamides is 1. The molecule has 146 valence electrons. The molecule has 0 saturated heterocycles. The number of nitrogens with one attached hydrogen (secondary N) is 1. The Morgan fingerprint density at radius 2 is 1.89 bits per heavy atom. The molecule has 0 aliphatic rings. The number of carbonyl (C=O) groups excluding carboxylic acids is 1. The lowest BCUT2D eigenvalue weighted by Gasteiger charge is -2.17. The third kappa shape index (κ3) is 5.99. The molecular weight excluding hydrogens is 364 g/mol. The number of carbonyl (C=O) groups is 1. The van der Waals surface area contributed by atoms with Crippen LogP contribution < -0.4 is 14.4 Å². The molecule has 0 aliphatic carbocycles. The summed E-state index contributed by atoms with van der Waals surface area (Å²) in [7, 11) is -1.91. The summed E-state index contributed by atoms with van der Waals surface area (Å²) in [6.07, 6.45) is 2.70. The number of anilines is 1. The van der Waals surface area contributed by atoms with Crippen molar-refractivity contribution in [3.63, 3.8) is 0 Å². The summed E-state index contributed by atoms with van der Waals surface area (Å²) in [6, 6.07) is 14.4. The number of amides is 1. The lowest BCUT2D eigenvalue weighted by Crippen LogP contribution is -2.27. The summed E-state index contributed by atoms with van der Waals surface area (Å²) >= 11 is 0. The lowest BCUT2D eigenvalue weighted by atomic mass is 10.1. The predicted molar refractivity (Wildman–Crippen MR) is 108 cm³/mol. The predicted octanol–water partition coefficient (Wildman–Crippen LogP) is 2.84. The molecule has 1 amide bonds. The van der Waals surface area contributed by atoms with Gasteiger partial charge in [-0.3, -0.25) is 9.10 Å². The molecule has 0 spiro atoms. The first kappa shape index (κ1) is 20.8. The van der Waals surface area contributed by atoms with Crippen molar-refractivity contribution < 1.29 is 17.9 Å². The molecule has 7 heteroatoms. The molecular formula is C20H26N2O4S. The van der Waals surface area contributed by atoms with Crippen molar-refractivity contribution >= 4 is 21.6 Å². The monoisotopic (exact) mass is 390 g/mol. The second-order valence-electron chi connectivity index (χ2n) is 6.18. The van der Waals surface area contributed by atoms with Gasteiger partial charge < -0.3 is 10.1 Å². The Morgan fingerprint density at radius 1 is 1.15 bits per heavy atom. The summed E-state index contributed by atoms with van der Waals surface area (Å²) in [5.41, 5.74) is 2.00. The van der Waals surface area contributed by atoms with Gasteiger partial charge in [-0.25, -0.2) is 8.42 Å². The number of hydrogen-bond donors (Lipinski definition) is 1. The van der Waals surface area contributed by atoms with E-state index in [2.05, 4.69) is 5.32 Å². The van der Waals surface area contributed by atoms with Crippen LogP contribution in [0.25, 0.3) is 0 Å². The smallest absolute Gasteiger partial charge is 0.251 e. The van der Waals surface area contributed by atoms with E-state index in [0.29, 0.717) is 24.4 Å². The Kier molecular flexibility index (Phi) is 7.24. The maximum atomic E-state index is 12.3. The maximum Gasteiger partial charge on any atom is 0.251 e. The van der Waals surface area contributed by atoms with Gasteiger partial charge in [0.05, 0.1) is 18.6 Å². The molecule has 0 fully saturated rings. The van der Waals surface area contributed by atoms with Crippen LogP contribution in [0.2, 0.25) is 0 Å². The third-order valence-corrected chi connectivity index (χ3v) is 5.36. The summed E-state index contributed by atoms with van der Waals surface area (Å²) in [5.74, 6) is 0.652. The first-order valence-electron chi connectivity index (χ1n) is 8.85. The average molecular weight is 391 g/mol. The van der Waals surface area contributed by atoms with Crippen LogP contribution in [-0.4, -0.2) is 40.8 Å². The van der Waals surface area contributed by atoms with Gasteiger partial charge >= 0.3 is 0 Å². The topological polar surface area (TPSA) is 75.7 Å². The zero-order chi connectivity index (χ0) is 19.9. The molecule has 27 heavy (non-hydrogen) atoms. The first-order valence-corrected chi connectivity index (χ1v) is 10.7. The molecule has 2 rings (SSSR count). The van der Waals surface area contributed by atoms with E-state index in [1.54, 1.807) is 24.3 Å². The third-order valence-electron chi connectivity index (χ3n) is 4.15. The number of nitrogens with zero attached hydrogens (tertiary/aromatic N) is 1. The number of benzene rings is 2. The average Bonchev–Trinajstić information content (AvgIpc) is 2.65. The Labute approximate surface area is 161 Å². The van der Waals surface area contributed by atoms with Gasteiger partial charge in [-0.1, -0.05) is 24.3 Å². The molecule has 0 aromatic heterocycles. The zero-order valence-electron chi connectivity index (χ0n) is 15.9. The minimum Gasteiger partial charge on any atom is -0.494 e. The van der Waals surface area contributed by atoms with Crippen molar-refractivity contribution in [2.75, 3.05) is 30.8 Å². The van der Waals surface area contributed by atoms with Gasteiger partial charge in [0.15, 0.2) is 0 Å². The largest absolute Gasteiger partial charge is 0.494 e. The van der Waals surface area contributed by atoms with Crippen molar-refractivity contribution in [1.29, 1.82) is 0 Å². The Balaban J connectivity index is 1.91. The quantitative estimate of drug-likeness (QED) is 0.668. The van der Waals surface area contributed by atoms with Gasteiger partial charge in [0, 0.05) is 19.2 Å². The Hall–Kier alpha value is -2.54. The normalized spacial score (nSPS) is 11.1. The van der Waals surface area contributed by atoms with Crippen LogP contribution in [0.1, 0.15) is 29.3 Å². The van der Waals surface area contributed by atoms with Gasteiger partial charge in [-0.05, 0) is 49.6 Å². The molecule has 2 aromatic rings. The molecule has 0 heterocycles. The maximum absolute atomic E-state index is 12.3.